The molecule has 18 heavy (non-hydrogen) atoms. The van der Waals surface area contributed by atoms with Gasteiger partial charge in [0, 0.05) is 19.6 Å². The Balaban J connectivity index is 1.87. The van der Waals surface area contributed by atoms with E-state index < -0.39 is 0 Å². The van der Waals surface area contributed by atoms with E-state index in [1.165, 1.54) is 16.7 Å². The number of thiophene rings is 1. The molecule has 0 aliphatic rings. The highest BCUT2D eigenvalue weighted by Crippen LogP contribution is 2.11. The summed E-state index contributed by atoms with van der Waals surface area (Å²) in [6, 6.07) is 10.6. The van der Waals surface area contributed by atoms with Crippen molar-refractivity contribution >= 4 is 11.3 Å². The summed E-state index contributed by atoms with van der Waals surface area (Å²) in [7, 11) is 2.17. The average Bonchev–Trinajstić information content (AvgIpc) is 2.89. The van der Waals surface area contributed by atoms with Gasteiger partial charge in [0.15, 0.2) is 0 Å². The molecule has 0 radical (unpaired) electrons. The number of benzene rings is 1. The van der Waals surface area contributed by atoms with Crippen molar-refractivity contribution < 1.29 is 0 Å². The number of likely N-dealkylation sites (N-methyl/N-ethyl adjacent to an activating group) is 1. The summed E-state index contributed by atoms with van der Waals surface area (Å²) in [5, 5.41) is 4.34. The smallest absolute Gasteiger partial charge is 0.0239 e. The highest BCUT2D eigenvalue weighted by atomic mass is 32.1. The molecule has 96 valence electrons. The van der Waals surface area contributed by atoms with Crippen molar-refractivity contribution in [1.82, 2.24) is 4.90 Å². The zero-order chi connectivity index (χ0) is 12.8. The Morgan fingerprint density at radius 3 is 2.61 bits per heavy atom. The summed E-state index contributed by atoms with van der Waals surface area (Å²) in [5.41, 5.74) is 9.79. The third-order valence-electron chi connectivity index (χ3n) is 3.13. The molecular weight excluding hydrogens is 240 g/mol. The van der Waals surface area contributed by atoms with E-state index >= 15 is 0 Å². The molecule has 1 heterocycles. The lowest BCUT2D eigenvalue weighted by atomic mass is 10.0. The second-order valence-corrected chi connectivity index (χ2v) is 5.37. The topological polar surface area (TPSA) is 29.3 Å². The van der Waals surface area contributed by atoms with Gasteiger partial charge in [-0.2, -0.15) is 11.3 Å². The molecule has 2 nitrogen and oxygen atoms in total. The fraction of sp³-hybridized carbons (Fsp3) is 0.333. The van der Waals surface area contributed by atoms with E-state index in [1.54, 1.807) is 11.3 Å². The molecule has 1 aromatic carbocycles. The van der Waals surface area contributed by atoms with Gasteiger partial charge in [0.1, 0.15) is 0 Å². The predicted octanol–water partition coefficient (Wildman–Crippen LogP) is 2.88. The van der Waals surface area contributed by atoms with Gasteiger partial charge >= 0.3 is 0 Å². The Morgan fingerprint density at radius 2 is 1.94 bits per heavy atom. The molecule has 0 amide bonds. The van der Waals surface area contributed by atoms with Gasteiger partial charge in [-0.1, -0.05) is 24.3 Å². The van der Waals surface area contributed by atoms with Crippen LogP contribution in [0.4, 0.5) is 0 Å². The van der Waals surface area contributed by atoms with E-state index in [4.69, 9.17) is 5.73 Å². The Kier molecular flexibility index (Phi) is 4.93. The maximum Gasteiger partial charge on any atom is 0.0239 e. The first kappa shape index (κ1) is 13.3. The Morgan fingerprint density at radius 1 is 1.17 bits per heavy atom. The fourth-order valence-corrected chi connectivity index (χ4v) is 2.75. The second-order valence-electron chi connectivity index (χ2n) is 4.59. The van der Waals surface area contributed by atoms with E-state index in [0.29, 0.717) is 6.54 Å². The lowest BCUT2D eigenvalue weighted by Gasteiger charge is -2.16. The van der Waals surface area contributed by atoms with Crippen molar-refractivity contribution in [2.24, 2.45) is 5.73 Å². The maximum atomic E-state index is 5.75. The van der Waals surface area contributed by atoms with Crippen LogP contribution in [0, 0.1) is 0 Å². The normalized spacial score (nSPS) is 11.1. The molecule has 0 spiro atoms. The first-order chi connectivity index (χ1) is 8.79. The summed E-state index contributed by atoms with van der Waals surface area (Å²) in [6.07, 6.45) is 1.06. The van der Waals surface area contributed by atoms with Gasteiger partial charge < -0.3 is 10.6 Å². The monoisotopic (exact) mass is 260 g/mol. The number of nitrogens with two attached hydrogens (primary N) is 1. The molecule has 0 saturated carbocycles. The summed E-state index contributed by atoms with van der Waals surface area (Å²) in [6.45, 7) is 2.71. The van der Waals surface area contributed by atoms with Crippen molar-refractivity contribution in [3.8, 4) is 0 Å². The Labute approximate surface area is 113 Å². The number of nitrogens with zero attached hydrogens (tertiary/aromatic N) is 1. The van der Waals surface area contributed by atoms with Gasteiger partial charge in [-0.3, -0.25) is 0 Å². The minimum atomic E-state index is 0.629. The molecule has 0 aliphatic heterocycles. The molecule has 3 heteroatoms. The van der Waals surface area contributed by atoms with Crippen LogP contribution >= 0.6 is 11.3 Å². The van der Waals surface area contributed by atoms with E-state index in [9.17, 15) is 0 Å². The van der Waals surface area contributed by atoms with Gasteiger partial charge in [0.05, 0.1) is 0 Å². The van der Waals surface area contributed by atoms with Crippen LogP contribution in [-0.2, 0) is 19.5 Å². The molecule has 2 aromatic rings. The van der Waals surface area contributed by atoms with Crippen molar-refractivity contribution in [2.45, 2.75) is 19.5 Å². The first-order valence-corrected chi connectivity index (χ1v) is 7.20. The Hall–Kier alpha value is -1.16. The van der Waals surface area contributed by atoms with Gasteiger partial charge in [0.25, 0.3) is 0 Å². The van der Waals surface area contributed by atoms with Crippen molar-refractivity contribution in [3.63, 3.8) is 0 Å². The molecule has 0 bridgehead atoms. The summed E-state index contributed by atoms with van der Waals surface area (Å²) in [4.78, 5) is 2.36. The van der Waals surface area contributed by atoms with Gasteiger partial charge in [-0.15, -0.1) is 0 Å². The number of hydrogen-bond acceptors (Lipinski definition) is 3. The van der Waals surface area contributed by atoms with Crippen LogP contribution in [0.1, 0.15) is 16.7 Å². The summed E-state index contributed by atoms with van der Waals surface area (Å²) < 4.78 is 0. The van der Waals surface area contributed by atoms with Crippen LogP contribution in [-0.4, -0.2) is 18.5 Å². The van der Waals surface area contributed by atoms with Crippen LogP contribution in [0.3, 0.4) is 0 Å². The first-order valence-electron chi connectivity index (χ1n) is 6.26. The summed E-state index contributed by atoms with van der Waals surface area (Å²) in [5.74, 6) is 0. The van der Waals surface area contributed by atoms with Gasteiger partial charge in [-0.25, -0.2) is 0 Å². The highest BCUT2D eigenvalue weighted by Gasteiger charge is 2.04. The molecular formula is C15H20N2S. The van der Waals surface area contributed by atoms with Gasteiger partial charge in [-0.05, 0) is 47.0 Å². The van der Waals surface area contributed by atoms with Crippen LogP contribution in [0.15, 0.2) is 41.1 Å². The van der Waals surface area contributed by atoms with Crippen molar-refractivity contribution in [1.29, 1.82) is 0 Å². The fourth-order valence-electron chi connectivity index (χ4n) is 2.09. The molecule has 1 aromatic heterocycles. The van der Waals surface area contributed by atoms with Gasteiger partial charge in [0.2, 0.25) is 0 Å². The molecule has 2 N–H and O–H groups in total. The van der Waals surface area contributed by atoms with Crippen LogP contribution < -0.4 is 5.73 Å². The van der Waals surface area contributed by atoms with E-state index in [2.05, 4.69) is 53.0 Å². The van der Waals surface area contributed by atoms with E-state index in [-0.39, 0.29) is 0 Å². The molecule has 0 aliphatic carbocycles. The van der Waals surface area contributed by atoms with Crippen LogP contribution in [0.25, 0.3) is 0 Å². The third-order valence-corrected chi connectivity index (χ3v) is 3.87. The van der Waals surface area contributed by atoms with E-state index in [0.717, 1.165) is 19.5 Å². The zero-order valence-corrected chi connectivity index (χ0v) is 11.6. The second kappa shape index (κ2) is 6.69. The maximum absolute atomic E-state index is 5.75. The molecule has 0 unspecified atom stereocenters. The SMILES string of the molecule is CN(CCc1ccccc1CN)Cc1ccsc1. The number of hydrogen-bond donors (Lipinski definition) is 1. The molecule has 0 fully saturated rings. The molecule has 2 rings (SSSR count). The van der Waals surface area contributed by atoms with Crippen LogP contribution in [0.2, 0.25) is 0 Å². The third kappa shape index (κ3) is 3.67. The highest BCUT2D eigenvalue weighted by molar-refractivity contribution is 7.07. The molecule has 0 atom stereocenters. The zero-order valence-electron chi connectivity index (χ0n) is 10.8. The van der Waals surface area contributed by atoms with Crippen molar-refractivity contribution in [3.05, 3.63) is 57.8 Å². The minimum Gasteiger partial charge on any atom is -0.326 e. The minimum absolute atomic E-state index is 0.629. The Bertz CT molecular complexity index is 465. The van der Waals surface area contributed by atoms with Crippen molar-refractivity contribution in [2.75, 3.05) is 13.6 Å². The standard InChI is InChI=1S/C15H20N2S/c1-17(11-13-7-9-18-12-13)8-6-14-4-2-3-5-15(14)10-16/h2-5,7,9,12H,6,8,10-11,16H2,1H3. The lowest BCUT2D eigenvalue weighted by molar-refractivity contribution is 0.331. The quantitative estimate of drug-likeness (QED) is 0.865. The van der Waals surface area contributed by atoms with Crippen LogP contribution in [0.5, 0.6) is 0 Å². The van der Waals surface area contributed by atoms with E-state index in [1.807, 2.05) is 0 Å². The lowest BCUT2D eigenvalue weighted by Crippen LogP contribution is -2.21. The predicted molar refractivity (Wildman–Crippen MR) is 78.7 cm³/mol. The summed E-state index contributed by atoms with van der Waals surface area (Å²) >= 11 is 1.76. The molecule has 0 saturated heterocycles. The average molecular weight is 260 g/mol. The number of rotatable bonds is 6. The largest absolute Gasteiger partial charge is 0.326 e.